The maximum atomic E-state index is 10.0. The third-order valence-corrected chi connectivity index (χ3v) is 4.73. The molecule has 0 aliphatic carbocycles. The zero-order valence-corrected chi connectivity index (χ0v) is 11.6. The number of aliphatic hydroxyl groups excluding tert-OH is 1. The summed E-state index contributed by atoms with van der Waals surface area (Å²) >= 11 is 0. The predicted octanol–water partition coefficient (Wildman–Crippen LogP) is 1.70. The molecule has 0 aromatic carbocycles. The van der Waals surface area contributed by atoms with E-state index in [1.807, 2.05) is 0 Å². The van der Waals surface area contributed by atoms with Crippen molar-refractivity contribution >= 4 is 0 Å². The lowest BCUT2D eigenvalue weighted by molar-refractivity contribution is -0.0383. The van der Waals surface area contributed by atoms with Crippen molar-refractivity contribution in [1.82, 2.24) is 9.80 Å². The van der Waals surface area contributed by atoms with Crippen molar-refractivity contribution in [2.45, 2.75) is 70.7 Å². The van der Waals surface area contributed by atoms with Crippen LogP contribution in [-0.4, -0.2) is 58.8 Å². The molecule has 0 aromatic heterocycles. The first kappa shape index (κ1) is 13.3. The molecule has 3 nitrogen and oxygen atoms in total. The lowest BCUT2D eigenvalue weighted by Crippen LogP contribution is -2.62. The lowest BCUT2D eigenvalue weighted by atomic mass is 9.95. The molecule has 0 amide bonds. The number of rotatable bonds is 3. The molecule has 2 fully saturated rings. The summed E-state index contributed by atoms with van der Waals surface area (Å²) < 4.78 is 0. The molecule has 100 valence electrons. The monoisotopic (exact) mass is 240 g/mol. The number of piperidine rings is 1. The second-order valence-corrected chi connectivity index (χ2v) is 5.91. The molecular formula is C14H28N2O. The normalized spacial score (nSPS) is 35.3. The van der Waals surface area contributed by atoms with E-state index < -0.39 is 0 Å². The van der Waals surface area contributed by atoms with Gasteiger partial charge in [-0.15, -0.1) is 0 Å². The molecule has 2 saturated heterocycles. The number of aliphatic hydroxyl groups is 1. The minimum absolute atomic E-state index is 0.174. The van der Waals surface area contributed by atoms with E-state index in [2.05, 4.69) is 30.6 Å². The molecule has 0 bridgehead atoms. The third-order valence-electron chi connectivity index (χ3n) is 4.73. The molecule has 2 heterocycles. The summed E-state index contributed by atoms with van der Waals surface area (Å²) in [6.45, 7) is 10.2. The van der Waals surface area contributed by atoms with E-state index in [-0.39, 0.29) is 6.10 Å². The van der Waals surface area contributed by atoms with Gasteiger partial charge in [0, 0.05) is 31.2 Å². The van der Waals surface area contributed by atoms with Gasteiger partial charge < -0.3 is 5.11 Å². The van der Waals surface area contributed by atoms with Crippen molar-refractivity contribution in [3.63, 3.8) is 0 Å². The highest BCUT2D eigenvalue weighted by atomic mass is 16.3. The highest BCUT2D eigenvalue weighted by Crippen LogP contribution is 2.26. The Kier molecular flexibility index (Phi) is 4.45. The van der Waals surface area contributed by atoms with Gasteiger partial charge in [-0.1, -0.05) is 13.3 Å². The second-order valence-electron chi connectivity index (χ2n) is 5.91. The fraction of sp³-hybridized carbons (Fsp3) is 1.00. The van der Waals surface area contributed by atoms with Crippen molar-refractivity contribution in [1.29, 1.82) is 0 Å². The largest absolute Gasteiger partial charge is 0.392 e. The molecule has 0 saturated carbocycles. The fourth-order valence-electron chi connectivity index (χ4n) is 3.50. The molecular weight excluding hydrogens is 212 g/mol. The SMILES string of the molecule is CCC(O)C(C)N1CC2CCCCN2CC1C. The smallest absolute Gasteiger partial charge is 0.0690 e. The zero-order valence-electron chi connectivity index (χ0n) is 11.6. The average Bonchev–Trinajstić information content (AvgIpc) is 2.36. The van der Waals surface area contributed by atoms with E-state index in [9.17, 15) is 5.11 Å². The molecule has 2 rings (SSSR count). The van der Waals surface area contributed by atoms with Crippen LogP contribution in [0.15, 0.2) is 0 Å². The molecule has 0 spiro atoms. The van der Waals surface area contributed by atoms with Gasteiger partial charge in [-0.05, 0) is 39.7 Å². The van der Waals surface area contributed by atoms with Crippen molar-refractivity contribution in [2.24, 2.45) is 0 Å². The Morgan fingerprint density at radius 1 is 1.29 bits per heavy atom. The Hall–Kier alpha value is -0.120. The first-order valence-corrected chi connectivity index (χ1v) is 7.31. The van der Waals surface area contributed by atoms with Crippen LogP contribution in [0.3, 0.4) is 0 Å². The maximum absolute atomic E-state index is 10.0. The maximum Gasteiger partial charge on any atom is 0.0690 e. The van der Waals surface area contributed by atoms with E-state index >= 15 is 0 Å². The second kappa shape index (κ2) is 5.68. The standard InChI is InChI=1S/C14H28N2O/c1-4-14(17)12(3)16-10-13-7-5-6-8-15(13)9-11(16)2/h11-14,17H,4-10H2,1-3H3. The van der Waals surface area contributed by atoms with Gasteiger partial charge in [0.2, 0.25) is 0 Å². The Morgan fingerprint density at radius 2 is 2.06 bits per heavy atom. The van der Waals surface area contributed by atoms with Crippen molar-refractivity contribution in [3.05, 3.63) is 0 Å². The molecule has 0 radical (unpaired) electrons. The van der Waals surface area contributed by atoms with Crippen LogP contribution in [0, 0.1) is 0 Å². The van der Waals surface area contributed by atoms with Crippen molar-refractivity contribution < 1.29 is 5.11 Å². The third kappa shape index (κ3) is 2.83. The first-order chi connectivity index (χ1) is 8.13. The van der Waals surface area contributed by atoms with Crippen molar-refractivity contribution in [2.75, 3.05) is 19.6 Å². The fourth-order valence-corrected chi connectivity index (χ4v) is 3.50. The van der Waals surface area contributed by atoms with Crippen LogP contribution >= 0.6 is 0 Å². The summed E-state index contributed by atoms with van der Waals surface area (Å²) in [5.74, 6) is 0. The van der Waals surface area contributed by atoms with Crippen LogP contribution < -0.4 is 0 Å². The summed E-state index contributed by atoms with van der Waals surface area (Å²) in [4.78, 5) is 5.19. The molecule has 0 aromatic rings. The van der Waals surface area contributed by atoms with E-state index in [4.69, 9.17) is 0 Å². The van der Waals surface area contributed by atoms with Crippen molar-refractivity contribution in [3.8, 4) is 0 Å². The molecule has 3 heteroatoms. The summed E-state index contributed by atoms with van der Waals surface area (Å²) in [7, 11) is 0. The quantitative estimate of drug-likeness (QED) is 0.813. The van der Waals surface area contributed by atoms with E-state index in [0.29, 0.717) is 12.1 Å². The van der Waals surface area contributed by atoms with Gasteiger partial charge >= 0.3 is 0 Å². The minimum Gasteiger partial charge on any atom is -0.392 e. The van der Waals surface area contributed by atoms with Gasteiger partial charge in [-0.2, -0.15) is 0 Å². The van der Waals surface area contributed by atoms with Crippen LogP contribution in [0.2, 0.25) is 0 Å². The van der Waals surface area contributed by atoms with E-state index in [0.717, 1.165) is 19.0 Å². The lowest BCUT2D eigenvalue weighted by Gasteiger charge is -2.50. The number of nitrogens with zero attached hydrogens (tertiary/aromatic N) is 2. The Balaban J connectivity index is 1.98. The van der Waals surface area contributed by atoms with Gasteiger partial charge in [0.15, 0.2) is 0 Å². The molecule has 4 atom stereocenters. The van der Waals surface area contributed by atoms with Crippen LogP contribution in [0.1, 0.15) is 46.5 Å². The molecule has 2 aliphatic heterocycles. The highest BCUT2D eigenvalue weighted by molar-refractivity contribution is 4.92. The first-order valence-electron chi connectivity index (χ1n) is 7.31. The van der Waals surface area contributed by atoms with E-state index in [1.54, 1.807) is 0 Å². The van der Waals surface area contributed by atoms with Gasteiger partial charge in [-0.3, -0.25) is 9.80 Å². The van der Waals surface area contributed by atoms with Gasteiger partial charge in [-0.25, -0.2) is 0 Å². The Bertz CT molecular complexity index is 246. The topological polar surface area (TPSA) is 26.7 Å². The predicted molar refractivity (Wildman–Crippen MR) is 71.1 cm³/mol. The summed E-state index contributed by atoms with van der Waals surface area (Å²) in [6, 6.07) is 1.63. The molecule has 4 unspecified atom stereocenters. The number of fused-ring (bicyclic) bond motifs is 1. The summed E-state index contributed by atoms with van der Waals surface area (Å²) in [5, 5.41) is 10.0. The molecule has 17 heavy (non-hydrogen) atoms. The Labute approximate surface area is 106 Å². The Morgan fingerprint density at radius 3 is 2.76 bits per heavy atom. The minimum atomic E-state index is -0.174. The number of piperazine rings is 1. The van der Waals surface area contributed by atoms with Crippen LogP contribution in [0.4, 0.5) is 0 Å². The molecule has 1 N–H and O–H groups in total. The summed E-state index contributed by atoms with van der Waals surface area (Å²) in [6.07, 6.45) is 4.79. The number of hydrogen-bond acceptors (Lipinski definition) is 3. The van der Waals surface area contributed by atoms with Gasteiger partial charge in [0.25, 0.3) is 0 Å². The molecule has 2 aliphatic rings. The van der Waals surface area contributed by atoms with E-state index in [1.165, 1.54) is 32.4 Å². The number of hydrogen-bond donors (Lipinski definition) is 1. The zero-order chi connectivity index (χ0) is 12.4. The summed E-state index contributed by atoms with van der Waals surface area (Å²) in [5.41, 5.74) is 0. The highest BCUT2D eigenvalue weighted by Gasteiger charge is 2.36. The van der Waals surface area contributed by atoms with Crippen LogP contribution in [0.25, 0.3) is 0 Å². The van der Waals surface area contributed by atoms with Crippen LogP contribution in [0.5, 0.6) is 0 Å². The average molecular weight is 240 g/mol. The van der Waals surface area contributed by atoms with Gasteiger partial charge in [0.1, 0.15) is 0 Å². The van der Waals surface area contributed by atoms with Gasteiger partial charge in [0.05, 0.1) is 6.10 Å². The van der Waals surface area contributed by atoms with Crippen LogP contribution in [-0.2, 0) is 0 Å².